The minimum Gasteiger partial charge on any atom is -0.486 e. The van der Waals surface area contributed by atoms with Crippen LogP contribution in [0.3, 0.4) is 0 Å². The first-order valence-corrected chi connectivity index (χ1v) is 8.76. The number of nitrogens with zero attached hydrogens (tertiary/aromatic N) is 4. The van der Waals surface area contributed by atoms with Crippen molar-refractivity contribution in [1.29, 1.82) is 0 Å². The Morgan fingerprint density at radius 2 is 2.11 bits per heavy atom. The minimum atomic E-state index is -3.12. The molecule has 0 saturated heterocycles. The van der Waals surface area contributed by atoms with Gasteiger partial charge in [-0.15, -0.1) is 10.6 Å². The summed E-state index contributed by atoms with van der Waals surface area (Å²) in [7, 11) is 0. The van der Waals surface area contributed by atoms with Crippen LogP contribution in [0.15, 0.2) is 36.7 Å². The van der Waals surface area contributed by atoms with Gasteiger partial charge in [-0.2, -0.15) is 8.78 Å². The molecule has 1 aromatic carbocycles. The molecule has 9 nitrogen and oxygen atoms in total. The third kappa shape index (κ3) is 3.71. The molecule has 1 aliphatic rings. The smallest absolute Gasteiger partial charge is 0.356 e. The third-order valence-corrected chi connectivity index (χ3v) is 4.17. The lowest BCUT2D eigenvalue weighted by Crippen LogP contribution is -2.19. The molecule has 0 radical (unpaired) electrons. The van der Waals surface area contributed by atoms with Crippen LogP contribution < -0.4 is 26.9 Å². The summed E-state index contributed by atoms with van der Waals surface area (Å²) in [4.78, 5) is 7.78. The number of halogens is 3. The summed E-state index contributed by atoms with van der Waals surface area (Å²) in [6.45, 7) is 0.232. The molecule has 0 spiro atoms. The zero-order valence-corrected chi connectivity index (χ0v) is 15.7. The van der Waals surface area contributed by atoms with Gasteiger partial charge in [0.05, 0.1) is 5.69 Å². The fraction of sp³-hybridized carbons (Fsp3) is 0.133. The summed E-state index contributed by atoms with van der Waals surface area (Å²) in [5.74, 6) is 0.825. The van der Waals surface area contributed by atoms with Gasteiger partial charge < -0.3 is 10.5 Å². The van der Waals surface area contributed by atoms with Crippen molar-refractivity contribution in [2.75, 3.05) is 16.6 Å². The maximum absolute atomic E-state index is 13.3. The van der Waals surface area contributed by atoms with E-state index in [1.807, 2.05) is 6.07 Å². The van der Waals surface area contributed by atoms with Gasteiger partial charge in [-0.25, -0.2) is 14.6 Å². The van der Waals surface area contributed by atoms with Crippen molar-refractivity contribution >= 4 is 39.9 Å². The Hall–Kier alpha value is -2.74. The first-order chi connectivity index (χ1) is 12.9. The Morgan fingerprint density at radius 1 is 1.26 bits per heavy atom. The molecule has 0 fully saturated rings. The summed E-state index contributed by atoms with van der Waals surface area (Å²) >= 11 is 0.995. The normalized spacial score (nSPS) is 13.0. The average molecular weight is 486 g/mol. The number of ether oxygens (including phenoxy) is 1. The molecule has 0 bridgehead atoms. The van der Waals surface area contributed by atoms with Crippen LogP contribution in [-0.4, -0.2) is 19.7 Å². The Kier molecular flexibility index (Phi) is 4.43. The summed E-state index contributed by atoms with van der Waals surface area (Å²) in [5.41, 5.74) is 16.2. The second-order valence-corrected chi connectivity index (χ2v) is 6.97. The van der Waals surface area contributed by atoms with Gasteiger partial charge in [-0.3, -0.25) is 10.9 Å². The molecule has 2 aromatic heterocycles. The number of nitrogens with one attached hydrogen (secondary N) is 3. The predicted octanol–water partition coefficient (Wildman–Crippen LogP) is 2.56. The topological polar surface area (TPSA) is 115 Å². The highest BCUT2D eigenvalue weighted by molar-refractivity contribution is 14.1. The molecule has 1 aliphatic heterocycles. The number of fused-ring (bicyclic) bond motifs is 1. The number of hydrogen-bond donors (Lipinski definition) is 4. The summed E-state index contributed by atoms with van der Waals surface area (Å²) in [5, 5.41) is 3.83. The minimum absolute atomic E-state index is 0.232. The fourth-order valence-corrected chi connectivity index (χ4v) is 2.73. The van der Waals surface area contributed by atoms with E-state index in [-0.39, 0.29) is 6.61 Å². The second kappa shape index (κ2) is 6.77. The summed E-state index contributed by atoms with van der Waals surface area (Å²) in [6, 6.07) is 8.76. The van der Waals surface area contributed by atoms with Gasteiger partial charge in [-0.05, 0) is 17.7 Å². The number of rotatable bonds is 5. The molecule has 3 aromatic rings. The van der Waals surface area contributed by atoms with Crippen molar-refractivity contribution in [3.05, 3.63) is 48.0 Å². The van der Waals surface area contributed by atoms with E-state index in [1.54, 1.807) is 24.3 Å². The molecule has 4 rings (SSSR count). The van der Waals surface area contributed by atoms with E-state index in [1.165, 1.54) is 11.0 Å². The maximum Gasteiger partial charge on any atom is 0.356 e. The molecule has 0 aliphatic carbocycles. The predicted molar refractivity (Wildman–Crippen MR) is 103 cm³/mol. The molecule has 0 saturated carbocycles. The molecule has 12 heteroatoms. The van der Waals surface area contributed by atoms with Gasteiger partial charge in [0, 0.05) is 28.7 Å². The zero-order valence-electron chi connectivity index (χ0n) is 13.6. The van der Waals surface area contributed by atoms with Gasteiger partial charge in [0.2, 0.25) is 5.82 Å². The van der Waals surface area contributed by atoms with Crippen molar-refractivity contribution in [3.63, 3.8) is 0 Å². The molecule has 0 unspecified atom stereocenters. The van der Waals surface area contributed by atoms with Crippen molar-refractivity contribution in [3.8, 4) is 11.4 Å². The molecule has 0 atom stereocenters. The van der Waals surface area contributed by atoms with Crippen LogP contribution in [0, 0.1) is 0 Å². The number of nitrogen functional groups attached to an aromatic ring is 1. The standard InChI is InChI=1S/C15H13F2IN8O/c16-15(17,18)14-20-7-26(24-14)9-3-1-2-8(4-9)6-27-10-5-11(19)21-13-12(10)22-25-23-13/h1-5,7,22,25H,6H2,(H3,19,21,23). The molecule has 5 N–H and O–H groups in total. The summed E-state index contributed by atoms with van der Waals surface area (Å²) in [6.07, 6.45) is 1.25. The van der Waals surface area contributed by atoms with Crippen LogP contribution in [-0.2, 0) is 10.5 Å². The highest BCUT2D eigenvalue weighted by Crippen LogP contribution is 2.35. The van der Waals surface area contributed by atoms with Gasteiger partial charge in [0.15, 0.2) is 11.6 Å². The number of anilines is 3. The second-order valence-electron chi connectivity index (χ2n) is 5.61. The van der Waals surface area contributed by atoms with E-state index in [4.69, 9.17) is 10.5 Å². The van der Waals surface area contributed by atoms with E-state index in [2.05, 4.69) is 31.5 Å². The number of pyridine rings is 1. The lowest BCUT2D eigenvalue weighted by atomic mass is 10.2. The van der Waals surface area contributed by atoms with E-state index < -0.39 is 9.75 Å². The van der Waals surface area contributed by atoms with Crippen molar-refractivity contribution < 1.29 is 13.5 Å². The number of hydrogen-bond acceptors (Lipinski definition) is 8. The van der Waals surface area contributed by atoms with Gasteiger partial charge in [-0.1, -0.05) is 12.1 Å². The molecular formula is C15H13F2IN8O. The lowest BCUT2D eigenvalue weighted by molar-refractivity contribution is 0.117. The first kappa shape index (κ1) is 17.7. The van der Waals surface area contributed by atoms with Gasteiger partial charge in [0.1, 0.15) is 24.4 Å². The van der Waals surface area contributed by atoms with Crippen LogP contribution in [0.25, 0.3) is 5.69 Å². The van der Waals surface area contributed by atoms with Crippen LogP contribution in [0.2, 0.25) is 0 Å². The largest absolute Gasteiger partial charge is 0.486 e. The van der Waals surface area contributed by atoms with Crippen LogP contribution in [0.4, 0.5) is 26.1 Å². The van der Waals surface area contributed by atoms with Crippen LogP contribution in [0.5, 0.6) is 5.75 Å². The van der Waals surface area contributed by atoms with E-state index in [9.17, 15) is 8.78 Å². The molecule has 27 heavy (non-hydrogen) atoms. The number of alkyl halides is 3. The molecule has 0 amide bonds. The third-order valence-electron chi connectivity index (χ3n) is 3.69. The number of nitrogens with two attached hydrogens (primary N) is 1. The SMILES string of the molecule is Nc1cc(OCc2cccc(-n3cnc(C(F)(F)I)n3)c2)c2c(n1)NNN2. The van der Waals surface area contributed by atoms with Crippen molar-refractivity contribution in [2.45, 2.75) is 10.5 Å². The number of aromatic nitrogens is 4. The van der Waals surface area contributed by atoms with Gasteiger partial charge >= 0.3 is 3.93 Å². The van der Waals surface area contributed by atoms with Crippen molar-refractivity contribution in [2.24, 2.45) is 0 Å². The van der Waals surface area contributed by atoms with Gasteiger partial charge in [0.25, 0.3) is 0 Å². The molecule has 140 valence electrons. The Balaban J connectivity index is 1.53. The Morgan fingerprint density at radius 3 is 2.89 bits per heavy atom. The number of hydrazine groups is 2. The zero-order chi connectivity index (χ0) is 19.0. The Labute approximate surface area is 165 Å². The molecule has 3 heterocycles. The van der Waals surface area contributed by atoms with E-state index >= 15 is 0 Å². The highest BCUT2D eigenvalue weighted by atomic mass is 127. The average Bonchev–Trinajstić information content (AvgIpc) is 3.28. The monoisotopic (exact) mass is 486 g/mol. The van der Waals surface area contributed by atoms with E-state index in [0.29, 0.717) is 28.8 Å². The summed E-state index contributed by atoms with van der Waals surface area (Å²) < 4.78 is 30.6. The number of benzene rings is 1. The fourth-order valence-electron chi connectivity index (χ4n) is 2.49. The van der Waals surface area contributed by atoms with Crippen LogP contribution in [0.1, 0.15) is 11.4 Å². The van der Waals surface area contributed by atoms with Crippen LogP contribution >= 0.6 is 22.6 Å². The maximum atomic E-state index is 13.3. The van der Waals surface area contributed by atoms with Crippen molar-refractivity contribution in [1.82, 2.24) is 25.3 Å². The lowest BCUT2D eigenvalue weighted by Gasteiger charge is -2.11. The Bertz CT molecular complexity index is 990. The van der Waals surface area contributed by atoms with E-state index in [0.717, 1.165) is 28.2 Å². The molecular weight excluding hydrogens is 473 g/mol. The quantitative estimate of drug-likeness (QED) is 0.322. The first-order valence-electron chi connectivity index (χ1n) is 7.69. The highest BCUT2D eigenvalue weighted by Gasteiger charge is 2.32.